The maximum atomic E-state index is 12.2. The zero-order chi connectivity index (χ0) is 18.9. The van der Waals surface area contributed by atoms with Gasteiger partial charge in [-0.1, -0.05) is 30.3 Å². The lowest BCUT2D eigenvalue weighted by molar-refractivity contribution is -0.127. The molecule has 3 rings (SSSR count). The number of rotatable bonds is 8. The predicted octanol–water partition coefficient (Wildman–Crippen LogP) is 1.97. The van der Waals surface area contributed by atoms with Gasteiger partial charge in [-0.15, -0.1) is 0 Å². The average Bonchev–Trinajstić information content (AvgIpc) is 3.21. The van der Waals surface area contributed by atoms with Crippen molar-refractivity contribution in [2.75, 3.05) is 26.2 Å². The highest BCUT2D eigenvalue weighted by atomic mass is 16.3. The van der Waals surface area contributed by atoms with Crippen molar-refractivity contribution in [3.8, 4) is 0 Å². The van der Waals surface area contributed by atoms with Crippen molar-refractivity contribution in [3.05, 3.63) is 60.1 Å². The normalized spacial score (nSPS) is 15.4. The quantitative estimate of drug-likeness (QED) is 0.746. The Kier molecular flexibility index (Phi) is 7.04. The molecular formula is C21H27N3O3. The summed E-state index contributed by atoms with van der Waals surface area (Å²) < 4.78 is 5.23. The van der Waals surface area contributed by atoms with E-state index in [1.807, 2.05) is 30.3 Å². The second kappa shape index (κ2) is 9.92. The molecule has 6 nitrogen and oxygen atoms in total. The summed E-state index contributed by atoms with van der Waals surface area (Å²) in [5, 5.41) is 5.90. The van der Waals surface area contributed by atoms with E-state index in [1.54, 1.807) is 6.26 Å². The van der Waals surface area contributed by atoms with Crippen LogP contribution in [0.3, 0.4) is 0 Å². The standard InChI is InChI=1S/C21H27N3O3/c25-20(22-11-8-17-5-2-1-3-6-17)16-24-12-9-18(10-13-24)21(26)23-15-19-7-4-14-27-19/h1-7,14,18H,8-13,15-16H2,(H,22,25)(H,23,26). The number of piperidine rings is 1. The van der Waals surface area contributed by atoms with Crippen LogP contribution in [-0.4, -0.2) is 42.9 Å². The van der Waals surface area contributed by atoms with Gasteiger partial charge in [0.05, 0.1) is 19.4 Å². The maximum Gasteiger partial charge on any atom is 0.234 e. The summed E-state index contributed by atoms with van der Waals surface area (Å²) in [6, 6.07) is 13.8. The van der Waals surface area contributed by atoms with Crippen LogP contribution >= 0.6 is 0 Å². The summed E-state index contributed by atoms with van der Waals surface area (Å²) in [4.78, 5) is 26.5. The molecule has 0 radical (unpaired) electrons. The van der Waals surface area contributed by atoms with E-state index in [0.717, 1.165) is 38.1 Å². The van der Waals surface area contributed by atoms with Crippen LogP contribution in [-0.2, 0) is 22.6 Å². The smallest absolute Gasteiger partial charge is 0.234 e. The molecular weight excluding hydrogens is 342 g/mol. The summed E-state index contributed by atoms with van der Waals surface area (Å²) in [5.74, 6) is 0.885. The van der Waals surface area contributed by atoms with Gasteiger partial charge >= 0.3 is 0 Å². The molecule has 1 fully saturated rings. The van der Waals surface area contributed by atoms with E-state index in [-0.39, 0.29) is 17.7 Å². The molecule has 1 aliphatic heterocycles. The van der Waals surface area contributed by atoms with E-state index in [9.17, 15) is 9.59 Å². The molecule has 0 spiro atoms. The molecule has 2 N–H and O–H groups in total. The number of nitrogens with one attached hydrogen (secondary N) is 2. The second-order valence-electron chi connectivity index (χ2n) is 6.93. The molecule has 0 saturated carbocycles. The van der Waals surface area contributed by atoms with Crippen molar-refractivity contribution in [2.24, 2.45) is 5.92 Å². The number of carbonyl (C=O) groups excluding carboxylic acids is 2. The third kappa shape index (κ3) is 6.25. The molecule has 2 aromatic rings. The van der Waals surface area contributed by atoms with E-state index < -0.39 is 0 Å². The number of hydrogen-bond acceptors (Lipinski definition) is 4. The van der Waals surface area contributed by atoms with Gasteiger partial charge in [-0.3, -0.25) is 14.5 Å². The van der Waals surface area contributed by atoms with Crippen molar-refractivity contribution in [1.82, 2.24) is 15.5 Å². The monoisotopic (exact) mass is 369 g/mol. The van der Waals surface area contributed by atoms with Gasteiger partial charge < -0.3 is 15.1 Å². The summed E-state index contributed by atoms with van der Waals surface area (Å²) in [6.45, 7) is 3.01. The summed E-state index contributed by atoms with van der Waals surface area (Å²) in [6.07, 6.45) is 4.00. The number of carbonyl (C=O) groups is 2. The van der Waals surface area contributed by atoms with Crippen LogP contribution in [0.2, 0.25) is 0 Å². The average molecular weight is 369 g/mol. The van der Waals surface area contributed by atoms with Gasteiger partial charge in [0.2, 0.25) is 11.8 Å². The zero-order valence-corrected chi connectivity index (χ0v) is 15.5. The van der Waals surface area contributed by atoms with Gasteiger partial charge in [0.25, 0.3) is 0 Å². The fourth-order valence-corrected chi connectivity index (χ4v) is 3.33. The van der Waals surface area contributed by atoms with Crippen LogP contribution in [0.5, 0.6) is 0 Å². The maximum absolute atomic E-state index is 12.2. The summed E-state index contributed by atoms with van der Waals surface area (Å²) >= 11 is 0. The van der Waals surface area contributed by atoms with Gasteiger partial charge in [-0.05, 0) is 50.0 Å². The van der Waals surface area contributed by atoms with Crippen molar-refractivity contribution < 1.29 is 14.0 Å². The molecule has 0 aliphatic carbocycles. The number of furan rings is 1. The Morgan fingerprint density at radius 3 is 2.52 bits per heavy atom. The van der Waals surface area contributed by atoms with Crippen molar-refractivity contribution in [3.63, 3.8) is 0 Å². The van der Waals surface area contributed by atoms with E-state index in [2.05, 4.69) is 27.7 Å². The SMILES string of the molecule is O=C(CN1CCC(C(=O)NCc2ccco2)CC1)NCCc1ccccc1. The molecule has 1 aromatic carbocycles. The molecule has 1 aromatic heterocycles. The Bertz CT molecular complexity index is 708. The topological polar surface area (TPSA) is 74.6 Å². The fraction of sp³-hybridized carbons (Fsp3) is 0.429. The van der Waals surface area contributed by atoms with Crippen LogP contribution in [0, 0.1) is 5.92 Å². The lowest BCUT2D eigenvalue weighted by atomic mass is 9.96. The Morgan fingerprint density at radius 2 is 1.81 bits per heavy atom. The molecule has 2 heterocycles. The Morgan fingerprint density at radius 1 is 1.04 bits per heavy atom. The highest BCUT2D eigenvalue weighted by molar-refractivity contribution is 5.79. The highest BCUT2D eigenvalue weighted by Gasteiger charge is 2.25. The molecule has 0 unspecified atom stereocenters. The first-order chi connectivity index (χ1) is 13.2. The van der Waals surface area contributed by atoms with Gasteiger partial charge in [-0.2, -0.15) is 0 Å². The Labute approximate surface area is 159 Å². The van der Waals surface area contributed by atoms with E-state index >= 15 is 0 Å². The molecule has 0 atom stereocenters. The summed E-state index contributed by atoms with van der Waals surface area (Å²) in [5.41, 5.74) is 1.22. The zero-order valence-electron chi connectivity index (χ0n) is 15.5. The first-order valence-electron chi connectivity index (χ1n) is 9.54. The van der Waals surface area contributed by atoms with Crippen molar-refractivity contribution in [1.29, 1.82) is 0 Å². The lowest BCUT2D eigenvalue weighted by Crippen LogP contribution is -2.44. The van der Waals surface area contributed by atoms with Gasteiger partial charge in [0.1, 0.15) is 5.76 Å². The molecule has 1 aliphatic rings. The highest BCUT2D eigenvalue weighted by Crippen LogP contribution is 2.17. The van der Waals surface area contributed by atoms with E-state index in [1.165, 1.54) is 5.56 Å². The van der Waals surface area contributed by atoms with Gasteiger partial charge in [0, 0.05) is 12.5 Å². The van der Waals surface area contributed by atoms with Crippen LogP contribution in [0.4, 0.5) is 0 Å². The fourth-order valence-electron chi connectivity index (χ4n) is 3.33. The molecule has 144 valence electrons. The number of benzene rings is 1. The molecule has 2 amide bonds. The number of hydrogen-bond donors (Lipinski definition) is 2. The van der Waals surface area contributed by atoms with Gasteiger partial charge in [0.15, 0.2) is 0 Å². The van der Waals surface area contributed by atoms with Crippen LogP contribution in [0.25, 0.3) is 0 Å². The number of amides is 2. The molecule has 6 heteroatoms. The number of likely N-dealkylation sites (tertiary alicyclic amines) is 1. The first-order valence-corrected chi connectivity index (χ1v) is 9.54. The van der Waals surface area contributed by atoms with Crippen LogP contribution in [0.1, 0.15) is 24.2 Å². The van der Waals surface area contributed by atoms with Crippen LogP contribution in [0.15, 0.2) is 53.1 Å². The summed E-state index contributed by atoms with van der Waals surface area (Å²) in [7, 11) is 0. The minimum absolute atomic E-state index is 0.0114. The van der Waals surface area contributed by atoms with E-state index in [4.69, 9.17) is 4.42 Å². The lowest BCUT2D eigenvalue weighted by Gasteiger charge is -2.30. The number of nitrogens with zero attached hydrogens (tertiary/aromatic N) is 1. The minimum Gasteiger partial charge on any atom is -0.467 e. The molecule has 27 heavy (non-hydrogen) atoms. The molecule has 1 saturated heterocycles. The van der Waals surface area contributed by atoms with Crippen molar-refractivity contribution >= 4 is 11.8 Å². The Balaban J connectivity index is 1.30. The predicted molar refractivity (Wildman–Crippen MR) is 103 cm³/mol. The third-order valence-corrected chi connectivity index (χ3v) is 4.92. The van der Waals surface area contributed by atoms with Crippen molar-refractivity contribution in [2.45, 2.75) is 25.8 Å². The third-order valence-electron chi connectivity index (χ3n) is 4.92. The van der Waals surface area contributed by atoms with Gasteiger partial charge in [-0.25, -0.2) is 0 Å². The molecule has 0 bridgehead atoms. The Hall–Kier alpha value is -2.60. The second-order valence-corrected chi connectivity index (χ2v) is 6.93. The largest absolute Gasteiger partial charge is 0.467 e. The van der Waals surface area contributed by atoms with E-state index in [0.29, 0.717) is 19.6 Å². The minimum atomic E-state index is 0.0114. The first kappa shape index (κ1) is 19.2. The van der Waals surface area contributed by atoms with Crippen LogP contribution < -0.4 is 10.6 Å².